The Bertz CT molecular complexity index is 1510. The van der Waals surface area contributed by atoms with Crippen LogP contribution in [0, 0.1) is 0 Å². The molecule has 0 N–H and O–H groups in total. The molecule has 0 fully saturated rings. The van der Waals surface area contributed by atoms with Gasteiger partial charge in [-0.1, -0.05) is 48.5 Å². The van der Waals surface area contributed by atoms with Crippen LogP contribution in [-0.2, 0) is 9.53 Å². The summed E-state index contributed by atoms with van der Waals surface area (Å²) in [5.74, 6) is 0.585. The summed E-state index contributed by atoms with van der Waals surface area (Å²) in [6.07, 6.45) is 0. The largest absolute Gasteiger partial charge is 0.501 e. The second kappa shape index (κ2) is 8.91. The van der Waals surface area contributed by atoms with Gasteiger partial charge in [-0.25, -0.2) is 0 Å². The molecular weight excluding hydrogens is 422 g/mol. The number of methoxy groups -OCH3 is 1. The number of fused-ring (bicyclic) bond motifs is 3. The van der Waals surface area contributed by atoms with Crippen molar-refractivity contribution in [3.8, 4) is 0 Å². The Balaban J connectivity index is 1.65. The Hall–Kier alpha value is -4.31. The first-order chi connectivity index (χ1) is 16.6. The van der Waals surface area contributed by atoms with E-state index in [1.54, 1.807) is 14.0 Å². The monoisotopic (exact) mass is 447 g/mol. The van der Waals surface area contributed by atoms with E-state index in [0.717, 1.165) is 44.6 Å². The number of ketones is 1. The summed E-state index contributed by atoms with van der Waals surface area (Å²) >= 11 is 0. The van der Waals surface area contributed by atoms with Crippen molar-refractivity contribution in [2.24, 2.45) is 0 Å². The number of carbonyl (C=O) groups excluding carboxylic acids is 1. The molecule has 0 atom stereocenters. The molecule has 0 saturated heterocycles. The van der Waals surface area contributed by atoms with Crippen LogP contribution in [0.15, 0.2) is 107 Å². The number of Topliss-reactive ketones (excluding diaryl/α,β-unsaturated/α-hetero) is 1. The van der Waals surface area contributed by atoms with Gasteiger partial charge in [0.05, 0.1) is 12.7 Å². The predicted octanol–water partition coefficient (Wildman–Crippen LogP) is 8.02. The molecule has 0 aliphatic heterocycles. The molecule has 0 aliphatic rings. The van der Waals surface area contributed by atoms with Crippen LogP contribution in [-0.4, -0.2) is 12.9 Å². The number of para-hydroxylation sites is 2. The number of hydrogen-bond acceptors (Lipinski definition) is 4. The fraction of sp³-hybridized carbons (Fsp3) is 0.100. The molecule has 0 radical (unpaired) electrons. The minimum absolute atomic E-state index is 0.0238. The topological polar surface area (TPSA) is 42.7 Å². The molecule has 0 spiro atoms. The molecule has 1 aromatic heterocycles. The number of benzene rings is 4. The molecule has 4 aromatic carbocycles. The average Bonchev–Trinajstić information content (AvgIpc) is 3.24. The van der Waals surface area contributed by atoms with Crippen LogP contribution in [0.1, 0.15) is 19.4 Å². The first-order valence-electron chi connectivity index (χ1n) is 11.2. The lowest BCUT2D eigenvalue weighted by Crippen LogP contribution is -2.10. The first kappa shape index (κ1) is 21.5. The van der Waals surface area contributed by atoms with Gasteiger partial charge in [0.25, 0.3) is 0 Å². The third kappa shape index (κ3) is 3.84. The van der Waals surface area contributed by atoms with E-state index in [0.29, 0.717) is 11.3 Å². The number of ether oxygens (including phenoxy) is 1. The summed E-state index contributed by atoms with van der Waals surface area (Å²) in [5, 5.41) is 2.16. The van der Waals surface area contributed by atoms with Crippen LogP contribution in [0.3, 0.4) is 0 Å². The summed E-state index contributed by atoms with van der Waals surface area (Å²) in [7, 11) is 1.58. The molecule has 4 nitrogen and oxygen atoms in total. The number of furan rings is 1. The van der Waals surface area contributed by atoms with Gasteiger partial charge in [0.2, 0.25) is 0 Å². The number of hydrogen-bond donors (Lipinski definition) is 0. The zero-order chi connectivity index (χ0) is 23.7. The second-order valence-corrected chi connectivity index (χ2v) is 8.19. The quantitative estimate of drug-likeness (QED) is 0.195. The van der Waals surface area contributed by atoms with E-state index in [2.05, 4.69) is 35.2 Å². The maximum atomic E-state index is 12.3. The molecule has 5 rings (SSSR count). The maximum Gasteiger partial charge on any atom is 0.163 e. The van der Waals surface area contributed by atoms with Crippen molar-refractivity contribution < 1.29 is 13.9 Å². The molecule has 0 bridgehead atoms. The molecule has 4 heteroatoms. The van der Waals surface area contributed by atoms with Gasteiger partial charge in [0.1, 0.15) is 16.9 Å². The third-order valence-electron chi connectivity index (χ3n) is 6.06. The molecule has 0 saturated carbocycles. The molecule has 168 valence electrons. The fourth-order valence-corrected chi connectivity index (χ4v) is 4.41. The highest BCUT2D eigenvalue weighted by Gasteiger charge is 2.17. The maximum absolute atomic E-state index is 12.3. The predicted molar refractivity (Wildman–Crippen MR) is 139 cm³/mol. The zero-order valence-corrected chi connectivity index (χ0v) is 19.4. The van der Waals surface area contributed by atoms with Crippen molar-refractivity contribution in [1.29, 1.82) is 0 Å². The van der Waals surface area contributed by atoms with Gasteiger partial charge in [-0.3, -0.25) is 4.79 Å². The Kier molecular flexibility index (Phi) is 5.64. The smallest absolute Gasteiger partial charge is 0.163 e. The van der Waals surface area contributed by atoms with E-state index in [1.165, 1.54) is 0 Å². The van der Waals surface area contributed by atoms with Gasteiger partial charge in [-0.2, -0.15) is 0 Å². The molecular formula is C30H25NO3. The summed E-state index contributed by atoms with van der Waals surface area (Å²) in [4.78, 5) is 14.5. The normalized spacial score (nSPS) is 12.0. The lowest BCUT2D eigenvalue weighted by molar-refractivity contribution is -0.111. The van der Waals surface area contributed by atoms with Gasteiger partial charge in [0, 0.05) is 27.8 Å². The van der Waals surface area contributed by atoms with Crippen LogP contribution in [0.25, 0.3) is 27.5 Å². The number of rotatable bonds is 6. The van der Waals surface area contributed by atoms with E-state index < -0.39 is 0 Å². The average molecular weight is 448 g/mol. The minimum Gasteiger partial charge on any atom is -0.501 e. The molecule has 0 amide bonds. The first-order valence-corrected chi connectivity index (χ1v) is 11.2. The van der Waals surface area contributed by atoms with Crippen LogP contribution in [0.2, 0.25) is 0 Å². The third-order valence-corrected chi connectivity index (χ3v) is 6.06. The fourth-order valence-electron chi connectivity index (χ4n) is 4.41. The number of carbonyl (C=O) groups is 1. The van der Waals surface area contributed by atoms with Crippen molar-refractivity contribution in [3.05, 3.63) is 108 Å². The van der Waals surface area contributed by atoms with E-state index in [1.807, 2.05) is 73.7 Å². The summed E-state index contributed by atoms with van der Waals surface area (Å²) in [5.41, 5.74) is 6.21. The van der Waals surface area contributed by atoms with E-state index >= 15 is 0 Å². The van der Waals surface area contributed by atoms with E-state index in [9.17, 15) is 4.79 Å². The second-order valence-electron chi connectivity index (χ2n) is 8.19. The number of nitrogens with zero attached hydrogens (tertiary/aromatic N) is 1. The standard InChI is InChI=1S/C30H25NO3/c1-20(32)30(21(2)33-3)22-13-15-24(16-14-22)31(23-9-5-4-6-10-23)25-17-18-29-27(19-25)26-11-7-8-12-28(26)34-29/h4-19H,1-3H3/b30-21+. The lowest BCUT2D eigenvalue weighted by atomic mass is 10.0. The summed E-state index contributed by atoms with van der Waals surface area (Å²) in [6, 6.07) is 32.6. The van der Waals surface area contributed by atoms with Crippen molar-refractivity contribution in [2.45, 2.75) is 13.8 Å². The Morgan fingerprint density at radius 1 is 0.706 bits per heavy atom. The van der Waals surface area contributed by atoms with Crippen molar-refractivity contribution in [1.82, 2.24) is 0 Å². The lowest BCUT2D eigenvalue weighted by Gasteiger charge is -2.25. The minimum atomic E-state index is -0.0238. The molecule has 5 aromatic rings. The summed E-state index contributed by atoms with van der Waals surface area (Å²) < 4.78 is 11.4. The van der Waals surface area contributed by atoms with Gasteiger partial charge in [0.15, 0.2) is 5.78 Å². The van der Waals surface area contributed by atoms with Gasteiger partial charge in [-0.15, -0.1) is 0 Å². The SMILES string of the molecule is CO/C(C)=C(\C(C)=O)c1ccc(N(c2ccccc2)c2ccc3oc4ccccc4c3c2)cc1. The molecule has 0 aliphatic carbocycles. The highest BCUT2D eigenvalue weighted by molar-refractivity contribution is 6.20. The van der Waals surface area contributed by atoms with Crippen LogP contribution >= 0.6 is 0 Å². The highest BCUT2D eigenvalue weighted by atomic mass is 16.5. The van der Waals surface area contributed by atoms with Crippen LogP contribution < -0.4 is 4.90 Å². The Labute approximate surface area is 198 Å². The molecule has 0 unspecified atom stereocenters. The van der Waals surface area contributed by atoms with Crippen molar-refractivity contribution in [2.75, 3.05) is 12.0 Å². The highest BCUT2D eigenvalue weighted by Crippen LogP contribution is 2.38. The number of allylic oxidation sites excluding steroid dienone is 2. The van der Waals surface area contributed by atoms with Crippen molar-refractivity contribution >= 4 is 50.4 Å². The van der Waals surface area contributed by atoms with E-state index in [4.69, 9.17) is 9.15 Å². The Morgan fingerprint density at radius 3 is 2.03 bits per heavy atom. The molecule has 34 heavy (non-hydrogen) atoms. The van der Waals surface area contributed by atoms with Crippen LogP contribution in [0.4, 0.5) is 17.1 Å². The summed E-state index contributed by atoms with van der Waals surface area (Å²) in [6.45, 7) is 3.37. The zero-order valence-electron chi connectivity index (χ0n) is 19.4. The Morgan fingerprint density at radius 2 is 1.32 bits per heavy atom. The number of anilines is 3. The van der Waals surface area contributed by atoms with E-state index in [-0.39, 0.29) is 5.78 Å². The van der Waals surface area contributed by atoms with Gasteiger partial charge >= 0.3 is 0 Å². The molecule has 1 heterocycles. The van der Waals surface area contributed by atoms with Gasteiger partial charge < -0.3 is 14.1 Å². The van der Waals surface area contributed by atoms with Crippen molar-refractivity contribution in [3.63, 3.8) is 0 Å². The van der Waals surface area contributed by atoms with Crippen LogP contribution in [0.5, 0.6) is 0 Å². The van der Waals surface area contributed by atoms with Gasteiger partial charge in [-0.05, 0) is 67.9 Å².